The molecule has 0 unspecified atom stereocenters. The summed E-state index contributed by atoms with van der Waals surface area (Å²) in [5.74, 6) is -14.5. The molecule has 0 fully saturated rings. The van der Waals surface area contributed by atoms with Gasteiger partial charge in [-0.1, -0.05) is 0 Å². The van der Waals surface area contributed by atoms with Gasteiger partial charge >= 0.3 is 5.97 Å². The highest BCUT2D eigenvalue weighted by Gasteiger charge is 2.27. The molecule has 0 atom stereocenters. The molecule has 0 spiro atoms. The lowest BCUT2D eigenvalue weighted by molar-refractivity contribution is 0.0658. The summed E-state index contributed by atoms with van der Waals surface area (Å²) >= 11 is 0. The van der Waals surface area contributed by atoms with Crippen LogP contribution in [-0.2, 0) is 6.61 Å². The quantitative estimate of drug-likeness (QED) is 0.535. The van der Waals surface area contributed by atoms with Crippen LogP contribution in [0.2, 0.25) is 0 Å². The largest absolute Gasteiger partial charge is 0.483 e. The number of benzene rings is 1. The molecular weight excluding hydrogens is 303 g/mol. The molecule has 112 valence electrons. The van der Waals surface area contributed by atoms with Gasteiger partial charge in [-0.05, 0) is 6.07 Å². The smallest absolute Gasteiger partial charge is 0.372 e. The minimum Gasteiger partial charge on any atom is -0.483 e. The van der Waals surface area contributed by atoms with Gasteiger partial charge in [0.2, 0.25) is 34.8 Å². The number of ether oxygens (including phenoxy) is 1. The number of carbonyl (C=O) groups is 1. The van der Waals surface area contributed by atoms with E-state index in [0.29, 0.717) is 0 Å². The molecule has 0 bridgehead atoms. The highest BCUT2D eigenvalue weighted by Crippen LogP contribution is 2.30. The molecule has 0 amide bonds. The van der Waals surface area contributed by atoms with E-state index in [4.69, 9.17) is 5.11 Å². The number of aromatic carboxylic acids is 1. The van der Waals surface area contributed by atoms with E-state index in [1.165, 1.54) is 0 Å². The molecule has 9 heteroatoms. The second kappa shape index (κ2) is 5.43. The topological polar surface area (TPSA) is 59.7 Å². The van der Waals surface area contributed by atoms with Crippen LogP contribution in [0.25, 0.3) is 0 Å². The van der Waals surface area contributed by atoms with E-state index in [-0.39, 0.29) is 5.56 Å². The minimum atomic E-state index is -2.31. The first kappa shape index (κ1) is 14.8. The van der Waals surface area contributed by atoms with Crippen LogP contribution >= 0.6 is 0 Å². The summed E-state index contributed by atoms with van der Waals surface area (Å²) in [7, 11) is 0. The Bertz CT molecular complexity index is 681. The third kappa shape index (κ3) is 2.54. The summed E-state index contributed by atoms with van der Waals surface area (Å²) in [4.78, 5) is 10.7. The van der Waals surface area contributed by atoms with Crippen molar-refractivity contribution >= 4 is 5.97 Å². The van der Waals surface area contributed by atoms with Gasteiger partial charge in [0.15, 0.2) is 5.75 Å². The Morgan fingerprint density at radius 3 is 2.10 bits per heavy atom. The molecule has 1 aromatic heterocycles. The molecule has 2 rings (SSSR count). The molecule has 0 aliphatic heterocycles. The van der Waals surface area contributed by atoms with Crippen molar-refractivity contribution in [2.75, 3.05) is 0 Å². The fourth-order valence-corrected chi connectivity index (χ4v) is 1.50. The molecule has 1 aromatic carbocycles. The van der Waals surface area contributed by atoms with Crippen molar-refractivity contribution < 1.29 is 41.0 Å². The van der Waals surface area contributed by atoms with E-state index in [1.807, 2.05) is 0 Å². The number of hydrogen-bond donors (Lipinski definition) is 1. The van der Waals surface area contributed by atoms with Gasteiger partial charge in [-0.15, -0.1) is 0 Å². The predicted octanol–water partition coefficient (Wildman–Crippen LogP) is 3.25. The number of furan rings is 1. The van der Waals surface area contributed by atoms with Crippen LogP contribution in [-0.4, -0.2) is 11.1 Å². The Morgan fingerprint density at radius 1 is 1.05 bits per heavy atom. The van der Waals surface area contributed by atoms with Crippen molar-refractivity contribution in [2.24, 2.45) is 0 Å². The van der Waals surface area contributed by atoms with Crippen molar-refractivity contribution in [3.05, 3.63) is 52.7 Å². The lowest BCUT2D eigenvalue weighted by Crippen LogP contribution is -2.08. The second-order valence-corrected chi connectivity index (χ2v) is 3.77. The monoisotopic (exact) mass is 308 g/mol. The van der Waals surface area contributed by atoms with Crippen molar-refractivity contribution in [1.82, 2.24) is 0 Å². The van der Waals surface area contributed by atoms with Gasteiger partial charge in [0.05, 0.1) is 6.26 Å². The zero-order chi connectivity index (χ0) is 15.7. The summed E-state index contributed by atoms with van der Waals surface area (Å²) in [6, 6.07) is 1.12. The minimum absolute atomic E-state index is 0.133. The normalized spacial score (nSPS) is 10.7. The number of rotatable bonds is 4. The molecule has 2 aromatic rings. The molecule has 21 heavy (non-hydrogen) atoms. The predicted molar refractivity (Wildman–Crippen MR) is 56.2 cm³/mol. The van der Waals surface area contributed by atoms with Crippen molar-refractivity contribution in [2.45, 2.75) is 6.61 Å². The molecule has 0 saturated heterocycles. The van der Waals surface area contributed by atoms with Crippen LogP contribution in [0.1, 0.15) is 16.1 Å². The van der Waals surface area contributed by atoms with E-state index in [1.54, 1.807) is 0 Å². The molecule has 0 aliphatic carbocycles. The average Bonchev–Trinajstić information content (AvgIpc) is 2.91. The van der Waals surface area contributed by atoms with Gasteiger partial charge in [0, 0.05) is 5.56 Å². The molecule has 1 heterocycles. The van der Waals surface area contributed by atoms with Gasteiger partial charge in [0.25, 0.3) is 0 Å². The van der Waals surface area contributed by atoms with Crippen molar-refractivity contribution in [3.8, 4) is 5.75 Å². The molecular formula is C12H5F5O4. The average molecular weight is 308 g/mol. The van der Waals surface area contributed by atoms with Crippen LogP contribution < -0.4 is 4.74 Å². The van der Waals surface area contributed by atoms with Crippen LogP contribution in [0.3, 0.4) is 0 Å². The Morgan fingerprint density at radius 2 is 1.57 bits per heavy atom. The SMILES string of the molecule is O=C(O)c1occc1COc1c(F)c(F)c(F)c(F)c1F. The third-order valence-corrected chi connectivity index (χ3v) is 2.48. The van der Waals surface area contributed by atoms with Crippen molar-refractivity contribution in [1.29, 1.82) is 0 Å². The lowest BCUT2D eigenvalue weighted by atomic mass is 10.2. The molecule has 0 saturated carbocycles. The van der Waals surface area contributed by atoms with E-state index in [0.717, 1.165) is 12.3 Å². The summed E-state index contributed by atoms with van der Waals surface area (Å²) in [5.41, 5.74) is -0.133. The Balaban J connectivity index is 2.33. The van der Waals surface area contributed by atoms with Crippen LogP contribution in [0.15, 0.2) is 16.7 Å². The Hall–Kier alpha value is -2.58. The first-order valence-corrected chi connectivity index (χ1v) is 5.28. The molecule has 1 N–H and O–H groups in total. The van der Waals surface area contributed by atoms with Gasteiger partial charge in [-0.3, -0.25) is 0 Å². The van der Waals surface area contributed by atoms with Crippen molar-refractivity contribution in [3.63, 3.8) is 0 Å². The maximum Gasteiger partial charge on any atom is 0.372 e. The fourth-order valence-electron chi connectivity index (χ4n) is 1.50. The van der Waals surface area contributed by atoms with Gasteiger partial charge in [0.1, 0.15) is 6.61 Å². The highest BCUT2D eigenvalue weighted by molar-refractivity contribution is 5.86. The third-order valence-electron chi connectivity index (χ3n) is 2.48. The van der Waals surface area contributed by atoms with Gasteiger partial charge < -0.3 is 14.3 Å². The second-order valence-electron chi connectivity index (χ2n) is 3.77. The summed E-state index contributed by atoms with van der Waals surface area (Å²) in [6.45, 7) is -0.753. The van der Waals surface area contributed by atoms with E-state index in [9.17, 15) is 26.7 Å². The first-order chi connectivity index (χ1) is 9.84. The maximum atomic E-state index is 13.3. The number of hydrogen-bond acceptors (Lipinski definition) is 3. The molecule has 0 aliphatic rings. The summed E-state index contributed by atoms with van der Waals surface area (Å²) < 4.78 is 74.3. The highest BCUT2D eigenvalue weighted by atomic mass is 19.2. The van der Waals surface area contributed by atoms with Gasteiger partial charge in [-0.25, -0.2) is 18.0 Å². The van der Waals surface area contributed by atoms with Crippen LogP contribution in [0.4, 0.5) is 22.0 Å². The van der Waals surface area contributed by atoms with Gasteiger partial charge in [-0.2, -0.15) is 8.78 Å². The van der Waals surface area contributed by atoms with E-state index >= 15 is 0 Å². The zero-order valence-electron chi connectivity index (χ0n) is 9.92. The Labute approximate surface area is 113 Å². The fraction of sp³-hybridized carbons (Fsp3) is 0.0833. The molecule has 4 nitrogen and oxygen atoms in total. The summed E-state index contributed by atoms with van der Waals surface area (Å²) in [6.07, 6.45) is 0.973. The van der Waals surface area contributed by atoms with Crippen LogP contribution in [0, 0.1) is 29.1 Å². The Kier molecular flexibility index (Phi) is 3.83. The number of carboxylic acid groups (broad SMARTS) is 1. The van der Waals surface area contributed by atoms with Crippen LogP contribution in [0.5, 0.6) is 5.75 Å². The zero-order valence-corrected chi connectivity index (χ0v) is 9.92. The summed E-state index contributed by atoms with van der Waals surface area (Å²) in [5, 5.41) is 8.72. The number of halogens is 5. The van der Waals surface area contributed by atoms with E-state index < -0.39 is 53.2 Å². The number of carboxylic acids is 1. The molecule has 0 radical (unpaired) electrons. The maximum absolute atomic E-state index is 13.3. The van der Waals surface area contributed by atoms with E-state index in [2.05, 4.69) is 9.15 Å². The standard InChI is InChI=1S/C12H5F5O4/c13-5-6(14)8(16)11(9(17)7(5)15)21-3-4-1-2-20-10(4)12(18)19/h1-2H,3H2,(H,18,19). The first-order valence-electron chi connectivity index (χ1n) is 5.28. The lowest BCUT2D eigenvalue weighted by Gasteiger charge is -2.09.